The fraction of sp³-hybridized carbons (Fsp3) is 0. The largest absolute Gasteiger partial charge is 0.287 e. The van der Waals surface area contributed by atoms with Crippen molar-refractivity contribution in [2.75, 3.05) is 4.72 Å². The molecule has 0 unspecified atom stereocenters. The summed E-state index contributed by atoms with van der Waals surface area (Å²) in [5.41, 5.74) is 3.22. The van der Waals surface area contributed by atoms with E-state index in [0.29, 0.717) is 0 Å². The first-order valence-electron chi connectivity index (χ1n) is 7.04. The summed E-state index contributed by atoms with van der Waals surface area (Å²) in [6, 6.07) is 14.4. The number of ketones is 1. The van der Waals surface area contributed by atoms with Gasteiger partial charge in [-0.15, -0.1) is 5.10 Å². The van der Waals surface area contributed by atoms with Crippen molar-refractivity contribution < 1.29 is 13.2 Å². The zero-order chi connectivity index (χ0) is 17.0. The molecule has 0 aliphatic carbocycles. The number of carbonyl (C=O) groups excluding carboxylic acids is 1. The van der Waals surface area contributed by atoms with E-state index < -0.39 is 10.0 Å². The van der Waals surface area contributed by atoms with Crippen LogP contribution in [-0.2, 0) is 10.0 Å². The number of carbonyl (C=O) groups is 1. The van der Waals surface area contributed by atoms with Gasteiger partial charge in [-0.05, 0) is 30.3 Å². The maximum absolute atomic E-state index is 12.6. The predicted molar refractivity (Wildman–Crippen MR) is 91.2 cm³/mol. The average molecular weight is 339 g/mol. The Kier molecular flexibility index (Phi) is 4.29. The van der Waals surface area contributed by atoms with Gasteiger partial charge in [0.05, 0.1) is 10.6 Å². The lowest BCUT2D eigenvalue weighted by Crippen LogP contribution is -2.20. The lowest BCUT2D eigenvalue weighted by molar-refractivity contribution is 0.102. The van der Waals surface area contributed by atoms with Crippen LogP contribution in [0, 0.1) is 0 Å². The molecule has 1 aliphatic heterocycles. The Hall–Kier alpha value is -3.15. The minimum atomic E-state index is -3.79. The monoisotopic (exact) mass is 339 g/mol. The molecule has 2 N–H and O–H groups in total. The van der Waals surface area contributed by atoms with Gasteiger partial charge in [0.15, 0.2) is 0 Å². The highest BCUT2D eigenvalue weighted by Crippen LogP contribution is 2.22. The second kappa shape index (κ2) is 6.54. The van der Waals surface area contributed by atoms with Gasteiger partial charge < -0.3 is 0 Å². The van der Waals surface area contributed by atoms with Crippen LogP contribution < -0.4 is 10.1 Å². The number of nitrogens with one attached hydrogen (secondary N) is 2. The number of hydrogen-bond donors (Lipinski definition) is 2. The highest BCUT2D eigenvalue weighted by atomic mass is 32.2. The summed E-state index contributed by atoms with van der Waals surface area (Å²) in [6.45, 7) is 0. The van der Waals surface area contributed by atoms with Gasteiger partial charge in [-0.3, -0.25) is 14.9 Å². The fourth-order valence-corrected chi connectivity index (χ4v) is 3.23. The molecule has 1 heterocycles. The summed E-state index contributed by atoms with van der Waals surface area (Å²) in [7, 11) is -3.79. The molecule has 0 spiro atoms. The topological polar surface area (TPSA) is 87.6 Å². The molecule has 2 aromatic carbocycles. The number of allylic oxidation sites excluding steroid dienone is 3. The zero-order valence-electron chi connectivity index (χ0n) is 12.4. The SMILES string of the molecule is O=C(C1=CC=C=NN1)c1ccccc1NS(=O)(=O)c1ccccc1. The molecule has 0 fully saturated rings. The Labute approximate surface area is 139 Å². The van der Waals surface area contributed by atoms with E-state index in [1.807, 2.05) is 0 Å². The van der Waals surface area contributed by atoms with E-state index in [-0.39, 0.29) is 27.6 Å². The average Bonchev–Trinajstić information content (AvgIpc) is 2.63. The van der Waals surface area contributed by atoms with Crippen LogP contribution in [0.4, 0.5) is 5.69 Å². The number of Topliss-reactive ketones (excluding diaryl/α,β-unsaturated/α-hetero) is 1. The van der Waals surface area contributed by atoms with Crippen LogP contribution in [0.5, 0.6) is 0 Å². The molecule has 0 atom stereocenters. The van der Waals surface area contributed by atoms with Gasteiger partial charge in [0.2, 0.25) is 5.78 Å². The van der Waals surface area contributed by atoms with Gasteiger partial charge in [-0.2, -0.15) is 0 Å². The number of hydrazone groups is 1. The van der Waals surface area contributed by atoms with E-state index in [1.165, 1.54) is 30.4 Å². The van der Waals surface area contributed by atoms with Crippen molar-refractivity contribution in [2.24, 2.45) is 5.10 Å². The fourth-order valence-electron chi connectivity index (χ4n) is 2.13. The molecule has 0 amide bonds. The molecular weight excluding hydrogens is 326 g/mol. The molecule has 24 heavy (non-hydrogen) atoms. The molecule has 6 nitrogen and oxygen atoms in total. The van der Waals surface area contributed by atoms with Crippen molar-refractivity contribution in [1.29, 1.82) is 0 Å². The van der Waals surface area contributed by atoms with Crippen LogP contribution in [-0.4, -0.2) is 20.1 Å². The van der Waals surface area contributed by atoms with Crippen LogP contribution in [0.25, 0.3) is 0 Å². The summed E-state index contributed by atoms with van der Waals surface area (Å²) in [5.74, 6) is 2.17. The van der Waals surface area contributed by atoms with Crippen LogP contribution in [0.3, 0.4) is 0 Å². The van der Waals surface area contributed by atoms with Crippen molar-refractivity contribution in [3.05, 3.63) is 78.0 Å². The van der Waals surface area contributed by atoms with Crippen LogP contribution in [0.2, 0.25) is 0 Å². The quantitative estimate of drug-likeness (QED) is 0.818. The summed E-state index contributed by atoms with van der Waals surface area (Å²) in [4.78, 5) is 12.7. The van der Waals surface area contributed by atoms with Gasteiger partial charge in [0.25, 0.3) is 10.0 Å². The first-order valence-corrected chi connectivity index (χ1v) is 8.52. The Morgan fingerprint density at radius 1 is 1.04 bits per heavy atom. The van der Waals surface area contributed by atoms with E-state index in [0.717, 1.165) is 0 Å². The second-order valence-electron chi connectivity index (χ2n) is 4.89. The van der Waals surface area contributed by atoms with Gasteiger partial charge >= 0.3 is 0 Å². The Morgan fingerprint density at radius 2 is 1.75 bits per heavy atom. The molecule has 120 valence electrons. The first kappa shape index (κ1) is 15.7. The van der Waals surface area contributed by atoms with E-state index in [9.17, 15) is 13.2 Å². The van der Waals surface area contributed by atoms with Gasteiger partial charge in [0, 0.05) is 17.5 Å². The van der Waals surface area contributed by atoms with Crippen molar-refractivity contribution in [2.45, 2.75) is 4.90 Å². The zero-order valence-corrected chi connectivity index (χ0v) is 13.2. The summed E-state index contributed by atoms with van der Waals surface area (Å²) < 4.78 is 27.4. The van der Waals surface area contributed by atoms with Gasteiger partial charge in [-0.25, -0.2) is 8.42 Å². The molecule has 0 saturated carbocycles. The summed E-state index contributed by atoms with van der Waals surface area (Å²) in [6.07, 6.45) is 3.03. The molecular formula is C17H13N3O3S. The molecule has 3 rings (SSSR count). The number of anilines is 1. The van der Waals surface area contributed by atoms with Crippen molar-refractivity contribution in [3.63, 3.8) is 0 Å². The lowest BCUT2D eigenvalue weighted by atomic mass is 10.1. The molecule has 0 aromatic heterocycles. The minimum absolute atomic E-state index is 0.120. The number of nitrogens with zero attached hydrogens (tertiary/aromatic N) is 1. The van der Waals surface area contributed by atoms with Crippen LogP contribution in [0.15, 0.2) is 82.4 Å². The van der Waals surface area contributed by atoms with Crippen LogP contribution in [0.1, 0.15) is 10.4 Å². The molecule has 0 bridgehead atoms. The highest BCUT2D eigenvalue weighted by molar-refractivity contribution is 7.92. The molecule has 1 aliphatic rings. The van der Waals surface area contributed by atoms with Gasteiger partial charge in [-0.1, -0.05) is 30.3 Å². The molecule has 0 radical (unpaired) electrons. The van der Waals surface area contributed by atoms with E-state index >= 15 is 0 Å². The third-order valence-corrected chi connectivity index (χ3v) is 4.66. The Bertz CT molecular complexity index is 973. The Morgan fingerprint density at radius 3 is 2.46 bits per heavy atom. The van der Waals surface area contributed by atoms with Crippen molar-refractivity contribution in [1.82, 2.24) is 5.43 Å². The minimum Gasteiger partial charge on any atom is -0.287 e. The third-order valence-electron chi connectivity index (χ3n) is 3.28. The van der Waals surface area contributed by atoms with E-state index in [4.69, 9.17) is 0 Å². The molecule has 7 heteroatoms. The summed E-state index contributed by atoms with van der Waals surface area (Å²) in [5, 5.41) is 3.67. The highest BCUT2D eigenvalue weighted by Gasteiger charge is 2.20. The first-order chi connectivity index (χ1) is 11.6. The molecule has 0 saturated heterocycles. The number of rotatable bonds is 5. The second-order valence-corrected chi connectivity index (χ2v) is 6.58. The number of hydrogen-bond acceptors (Lipinski definition) is 5. The van der Waals surface area contributed by atoms with Crippen molar-refractivity contribution >= 4 is 27.4 Å². The van der Waals surface area contributed by atoms with Gasteiger partial charge in [0.1, 0.15) is 5.70 Å². The lowest BCUT2D eigenvalue weighted by Gasteiger charge is -2.13. The number of para-hydroxylation sites is 1. The normalized spacial score (nSPS) is 13.1. The van der Waals surface area contributed by atoms with E-state index in [1.54, 1.807) is 36.4 Å². The summed E-state index contributed by atoms with van der Waals surface area (Å²) >= 11 is 0. The number of benzene rings is 2. The maximum atomic E-state index is 12.6. The van der Waals surface area contributed by atoms with Crippen molar-refractivity contribution in [3.8, 4) is 0 Å². The van der Waals surface area contributed by atoms with E-state index in [2.05, 4.69) is 21.1 Å². The number of sulfonamides is 1. The third kappa shape index (κ3) is 3.27. The van der Waals surface area contributed by atoms with Crippen LogP contribution >= 0.6 is 0 Å². The predicted octanol–water partition coefficient (Wildman–Crippen LogP) is 2.30. The maximum Gasteiger partial charge on any atom is 0.261 e. The smallest absolute Gasteiger partial charge is 0.261 e. The standard InChI is InChI=1S/C17H13N3O3S/c21-17(16-11-6-12-18-19-16)14-9-4-5-10-15(14)20-24(22,23)13-7-2-1-3-8-13/h1-11,19-20H. The molecule has 2 aromatic rings. The Balaban J connectivity index is 1.94.